The number of aryl methyl sites for hydroxylation is 2. The van der Waals surface area contributed by atoms with Crippen molar-refractivity contribution in [2.75, 3.05) is 6.54 Å². The fourth-order valence-electron chi connectivity index (χ4n) is 2.50. The fourth-order valence-corrected chi connectivity index (χ4v) is 2.50. The highest BCUT2D eigenvalue weighted by atomic mass is 16.2. The Morgan fingerprint density at radius 1 is 1.33 bits per heavy atom. The maximum atomic E-state index is 12.0. The first kappa shape index (κ1) is 11.5. The Balaban J connectivity index is 1.81. The van der Waals surface area contributed by atoms with Crippen LogP contribution >= 0.6 is 0 Å². The van der Waals surface area contributed by atoms with Gasteiger partial charge < -0.3 is 10.3 Å². The number of fused-ring (bicyclic) bond motifs is 1. The van der Waals surface area contributed by atoms with Crippen molar-refractivity contribution in [2.24, 2.45) is 5.92 Å². The third kappa shape index (κ3) is 2.33. The summed E-state index contributed by atoms with van der Waals surface area (Å²) in [7, 11) is 0. The number of nitrogens with one attached hydrogen (secondary N) is 2. The van der Waals surface area contributed by atoms with E-state index in [0.717, 1.165) is 36.9 Å². The third-order valence-electron chi connectivity index (χ3n) is 3.83. The average Bonchev–Trinajstić information content (AvgIpc) is 3.19. The van der Waals surface area contributed by atoms with E-state index >= 15 is 0 Å². The molecule has 0 aromatic carbocycles. The van der Waals surface area contributed by atoms with Crippen LogP contribution in [0.1, 0.15) is 47.3 Å². The van der Waals surface area contributed by atoms with Gasteiger partial charge in [0.15, 0.2) is 0 Å². The summed E-state index contributed by atoms with van der Waals surface area (Å²) in [5.74, 6) is 0.405. The SMILES string of the molecule is O=C(NCC1CC1)c1cc2c([nH]c1=O)CCCC2. The Kier molecular flexibility index (Phi) is 2.94. The molecule has 0 spiro atoms. The molecule has 2 N–H and O–H groups in total. The second-order valence-corrected chi connectivity index (χ2v) is 5.38. The number of aromatic nitrogens is 1. The quantitative estimate of drug-likeness (QED) is 0.846. The molecule has 2 aliphatic carbocycles. The van der Waals surface area contributed by atoms with Crippen molar-refractivity contribution in [3.63, 3.8) is 0 Å². The summed E-state index contributed by atoms with van der Waals surface area (Å²) in [4.78, 5) is 26.7. The van der Waals surface area contributed by atoms with Crippen LogP contribution in [-0.4, -0.2) is 17.4 Å². The molecule has 4 heteroatoms. The van der Waals surface area contributed by atoms with Gasteiger partial charge in [-0.05, 0) is 56.1 Å². The van der Waals surface area contributed by atoms with Crippen LogP contribution in [0.3, 0.4) is 0 Å². The van der Waals surface area contributed by atoms with E-state index in [-0.39, 0.29) is 17.0 Å². The van der Waals surface area contributed by atoms with Gasteiger partial charge in [-0.3, -0.25) is 9.59 Å². The predicted octanol–water partition coefficient (Wildman–Crippen LogP) is 1.39. The number of amides is 1. The molecule has 4 nitrogen and oxygen atoms in total. The highest BCUT2D eigenvalue weighted by Crippen LogP contribution is 2.27. The molecule has 0 bridgehead atoms. The number of hydrogen-bond acceptors (Lipinski definition) is 2. The van der Waals surface area contributed by atoms with Crippen LogP contribution in [-0.2, 0) is 12.8 Å². The Morgan fingerprint density at radius 2 is 2.11 bits per heavy atom. The van der Waals surface area contributed by atoms with E-state index in [1.165, 1.54) is 12.8 Å². The summed E-state index contributed by atoms with van der Waals surface area (Å²) >= 11 is 0. The van der Waals surface area contributed by atoms with Gasteiger partial charge in [-0.2, -0.15) is 0 Å². The van der Waals surface area contributed by atoms with Gasteiger partial charge in [0.2, 0.25) is 0 Å². The maximum Gasteiger partial charge on any atom is 0.261 e. The lowest BCUT2D eigenvalue weighted by Gasteiger charge is -2.15. The molecule has 3 rings (SSSR count). The number of hydrogen-bond donors (Lipinski definition) is 2. The molecule has 18 heavy (non-hydrogen) atoms. The molecule has 1 aromatic heterocycles. The highest BCUT2D eigenvalue weighted by Gasteiger charge is 2.23. The smallest absolute Gasteiger partial charge is 0.261 e. The standard InChI is InChI=1S/C14H18N2O2/c17-13(15-8-9-5-6-9)11-7-10-3-1-2-4-12(10)16-14(11)18/h7,9H,1-6,8H2,(H,15,17)(H,16,18). The molecule has 1 fully saturated rings. The second-order valence-electron chi connectivity index (χ2n) is 5.38. The summed E-state index contributed by atoms with van der Waals surface area (Å²) in [5.41, 5.74) is 2.18. The number of carbonyl (C=O) groups is 1. The maximum absolute atomic E-state index is 12.0. The van der Waals surface area contributed by atoms with Crippen molar-refractivity contribution in [3.8, 4) is 0 Å². The first-order valence-electron chi connectivity index (χ1n) is 6.77. The van der Waals surface area contributed by atoms with E-state index in [2.05, 4.69) is 10.3 Å². The first-order valence-corrected chi connectivity index (χ1v) is 6.77. The molecular formula is C14H18N2O2. The monoisotopic (exact) mass is 246 g/mol. The van der Waals surface area contributed by atoms with E-state index in [1.54, 1.807) is 6.07 Å². The van der Waals surface area contributed by atoms with Gasteiger partial charge in [-0.1, -0.05) is 0 Å². The molecule has 0 radical (unpaired) electrons. The number of carbonyl (C=O) groups excluding carboxylic acids is 1. The van der Waals surface area contributed by atoms with Gasteiger partial charge in [-0.15, -0.1) is 0 Å². The molecule has 0 atom stereocenters. The lowest BCUT2D eigenvalue weighted by Crippen LogP contribution is -2.32. The topological polar surface area (TPSA) is 62.0 Å². The van der Waals surface area contributed by atoms with Crippen molar-refractivity contribution < 1.29 is 4.79 Å². The van der Waals surface area contributed by atoms with E-state index in [9.17, 15) is 9.59 Å². The van der Waals surface area contributed by atoms with E-state index < -0.39 is 0 Å². The van der Waals surface area contributed by atoms with Crippen LogP contribution < -0.4 is 10.9 Å². The van der Waals surface area contributed by atoms with E-state index in [4.69, 9.17) is 0 Å². The largest absolute Gasteiger partial charge is 0.352 e. The molecular weight excluding hydrogens is 228 g/mol. The van der Waals surface area contributed by atoms with E-state index in [0.29, 0.717) is 12.5 Å². The fraction of sp³-hybridized carbons (Fsp3) is 0.571. The molecule has 1 saturated carbocycles. The zero-order valence-electron chi connectivity index (χ0n) is 10.4. The number of rotatable bonds is 3. The van der Waals surface area contributed by atoms with Gasteiger partial charge in [0, 0.05) is 12.2 Å². The van der Waals surface area contributed by atoms with Gasteiger partial charge in [0.25, 0.3) is 11.5 Å². The minimum Gasteiger partial charge on any atom is -0.352 e. The van der Waals surface area contributed by atoms with Crippen molar-refractivity contribution in [1.29, 1.82) is 0 Å². The van der Waals surface area contributed by atoms with Crippen LogP contribution in [0.5, 0.6) is 0 Å². The third-order valence-corrected chi connectivity index (χ3v) is 3.83. The van der Waals surface area contributed by atoms with Crippen LogP contribution in [0.4, 0.5) is 0 Å². The molecule has 1 heterocycles. The van der Waals surface area contributed by atoms with Crippen molar-refractivity contribution in [2.45, 2.75) is 38.5 Å². The summed E-state index contributed by atoms with van der Waals surface area (Å²) in [6.07, 6.45) is 6.55. The average molecular weight is 246 g/mol. The van der Waals surface area contributed by atoms with Crippen LogP contribution in [0.15, 0.2) is 10.9 Å². The van der Waals surface area contributed by atoms with Crippen LogP contribution in [0.25, 0.3) is 0 Å². The van der Waals surface area contributed by atoms with Gasteiger partial charge in [0.1, 0.15) is 5.56 Å². The van der Waals surface area contributed by atoms with Crippen molar-refractivity contribution in [1.82, 2.24) is 10.3 Å². The molecule has 0 aliphatic heterocycles. The Labute approximate surface area is 106 Å². The summed E-state index contributed by atoms with van der Waals surface area (Å²) < 4.78 is 0. The zero-order valence-corrected chi connectivity index (χ0v) is 10.4. The summed E-state index contributed by atoms with van der Waals surface area (Å²) in [5, 5.41) is 2.85. The molecule has 96 valence electrons. The number of H-pyrrole nitrogens is 1. The lowest BCUT2D eigenvalue weighted by atomic mass is 9.95. The zero-order chi connectivity index (χ0) is 12.5. The molecule has 1 aromatic rings. The molecule has 1 amide bonds. The Morgan fingerprint density at radius 3 is 2.89 bits per heavy atom. The summed E-state index contributed by atoms with van der Waals surface area (Å²) in [6.45, 7) is 0.704. The summed E-state index contributed by atoms with van der Waals surface area (Å²) in [6, 6.07) is 1.79. The predicted molar refractivity (Wildman–Crippen MR) is 68.8 cm³/mol. The minimum atomic E-state index is -0.246. The van der Waals surface area contributed by atoms with Gasteiger partial charge in [-0.25, -0.2) is 0 Å². The molecule has 0 saturated heterocycles. The van der Waals surface area contributed by atoms with Crippen molar-refractivity contribution in [3.05, 3.63) is 33.2 Å². The minimum absolute atomic E-state index is 0.225. The highest BCUT2D eigenvalue weighted by molar-refractivity contribution is 5.94. The number of pyridine rings is 1. The van der Waals surface area contributed by atoms with Gasteiger partial charge in [0.05, 0.1) is 0 Å². The molecule has 0 unspecified atom stereocenters. The first-order chi connectivity index (χ1) is 8.74. The van der Waals surface area contributed by atoms with Crippen LogP contribution in [0, 0.1) is 5.92 Å². The Hall–Kier alpha value is -1.58. The second kappa shape index (κ2) is 4.59. The van der Waals surface area contributed by atoms with Crippen LogP contribution in [0.2, 0.25) is 0 Å². The van der Waals surface area contributed by atoms with Gasteiger partial charge >= 0.3 is 0 Å². The molecule has 2 aliphatic rings. The number of aromatic amines is 1. The normalized spacial score (nSPS) is 18.2. The Bertz CT molecular complexity index is 529. The van der Waals surface area contributed by atoms with Crippen molar-refractivity contribution >= 4 is 5.91 Å². The lowest BCUT2D eigenvalue weighted by molar-refractivity contribution is 0.0950. The van der Waals surface area contributed by atoms with E-state index in [1.807, 2.05) is 0 Å².